The van der Waals surface area contributed by atoms with Gasteiger partial charge in [-0.3, -0.25) is 14.5 Å². The van der Waals surface area contributed by atoms with Crippen LogP contribution in [-0.4, -0.2) is 20.7 Å². The minimum absolute atomic E-state index is 0.170. The number of rotatable bonds is 2. The van der Waals surface area contributed by atoms with E-state index in [-0.39, 0.29) is 5.91 Å². The van der Waals surface area contributed by atoms with Crippen LogP contribution in [0.4, 0.5) is 5.69 Å². The zero-order valence-electron chi connectivity index (χ0n) is 10.4. The van der Waals surface area contributed by atoms with Gasteiger partial charge in [-0.15, -0.1) is 0 Å². The number of benzene rings is 1. The van der Waals surface area contributed by atoms with Gasteiger partial charge in [0.25, 0.3) is 5.91 Å². The molecule has 94 valence electrons. The summed E-state index contributed by atoms with van der Waals surface area (Å²) in [6.07, 6.45) is 4.96. The van der Waals surface area contributed by atoms with Crippen molar-refractivity contribution in [2.24, 2.45) is 7.05 Å². The van der Waals surface area contributed by atoms with Crippen LogP contribution in [-0.2, 0) is 7.05 Å². The van der Waals surface area contributed by atoms with Crippen LogP contribution < -0.4 is 5.32 Å². The standard InChI is InChI=1S/C14H12N4O/c1-18-9-11(8-16-18)14(19)17-12-4-5-13-10(7-12)3-2-6-15-13/h2-9H,1H3,(H,17,19). The molecule has 1 amide bonds. The fourth-order valence-corrected chi connectivity index (χ4v) is 1.90. The van der Waals surface area contributed by atoms with Gasteiger partial charge in [0.15, 0.2) is 0 Å². The number of aryl methyl sites for hydroxylation is 1. The molecular formula is C14H12N4O. The summed E-state index contributed by atoms with van der Waals surface area (Å²) < 4.78 is 1.60. The Kier molecular flexibility index (Phi) is 2.72. The van der Waals surface area contributed by atoms with Crippen LogP contribution in [0.5, 0.6) is 0 Å². The van der Waals surface area contributed by atoms with Crippen molar-refractivity contribution in [2.75, 3.05) is 5.32 Å². The number of carbonyl (C=O) groups is 1. The average molecular weight is 252 g/mol. The lowest BCUT2D eigenvalue weighted by Crippen LogP contribution is -2.10. The molecule has 0 unspecified atom stereocenters. The van der Waals surface area contributed by atoms with Crippen LogP contribution >= 0.6 is 0 Å². The molecule has 0 radical (unpaired) electrons. The Bertz CT molecular complexity index is 748. The first-order chi connectivity index (χ1) is 9.22. The number of carbonyl (C=O) groups excluding carboxylic acids is 1. The maximum absolute atomic E-state index is 12.0. The topological polar surface area (TPSA) is 59.8 Å². The summed E-state index contributed by atoms with van der Waals surface area (Å²) in [6, 6.07) is 9.45. The Labute approximate surface area is 109 Å². The molecule has 1 N–H and O–H groups in total. The SMILES string of the molecule is Cn1cc(C(=O)Nc2ccc3ncccc3c2)cn1. The van der Waals surface area contributed by atoms with Crippen LogP contribution in [0, 0.1) is 0 Å². The smallest absolute Gasteiger partial charge is 0.258 e. The number of fused-ring (bicyclic) bond motifs is 1. The molecule has 0 aliphatic heterocycles. The van der Waals surface area contributed by atoms with Gasteiger partial charge in [0.1, 0.15) is 0 Å². The summed E-state index contributed by atoms with van der Waals surface area (Å²) in [5.74, 6) is -0.170. The van der Waals surface area contributed by atoms with Crippen molar-refractivity contribution in [3.8, 4) is 0 Å². The van der Waals surface area contributed by atoms with Crippen molar-refractivity contribution < 1.29 is 4.79 Å². The lowest BCUT2D eigenvalue weighted by molar-refractivity contribution is 0.102. The summed E-state index contributed by atoms with van der Waals surface area (Å²) in [7, 11) is 1.78. The zero-order chi connectivity index (χ0) is 13.2. The van der Waals surface area contributed by atoms with Crippen molar-refractivity contribution in [2.45, 2.75) is 0 Å². The Morgan fingerprint density at radius 1 is 1.32 bits per heavy atom. The van der Waals surface area contributed by atoms with E-state index < -0.39 is 0 Å². The first-order valence-corrected chi connectivity index (χ1v) is 5.87. The van der Waals surface area contributed by atoms with Crippen molar-refractivity contribution in [3.63, 3.8) is 0 Å². The highest BCUT2D eigenvalue weighted by Gasteiger charge is 2.08. The molecular weight excluding hydrogens is 240 g/mol. The largest absolute Gasteiger partial charge is 0.322 e. The average Bonchev–Trinajstić information content (AvgIpc) is 2.85. The van der Waals surface area contributed by atoms with Gasteiger partial charge in [0, 0.05) is 30.5 Å². The second kappa shape index (κ2) is 4.53. The van der Waals surface area contributed by atoms with Gasteiger partial charge in [-0.1, -0.05) is 6.07 Å². The van der Waals surface area contributed by atoms with Gasteiger partial charge in [-0.2, -0.15) is 5.10 Å². The molecule has 1 aromatic carbocycles. The van der Waals surface area contributed by atoms with Crippen molar-refractivity contribution in [1.29, 1.82) is 0 Å². The monoisotopic (exact) mass is 252 g/mol. The molecule has 3 rings (SSSR count). The third-order valence-electron chi connectivity index (χ3n) is 2.83. The fourth-order valence-electron chi connectivity index (χ4n) is 1.90. The second-order valence-electron chi connectivity index (χ2n) is 4.27. The quantitative estimate of drug-likeness (QED) is 0.760. The molecule has 19 heavy (non-hydrogen) atoms. The highest BCUT2D eigenvalue weighted by atomic mass is 16.1. The first-order valence-electron chi connectivity index (χ1n) is 5.87. The number of aromatic nitrogens is 3. The van der Waals surface area contributed by atoms with E-state index in [1.54, 1.807) is 24.1 Å². The molecule has 0 saturated heterocycles. The van der Waals surface area contributed by atoms with Crippen LogP contribution in [0.3, 0.4) is 0 Å². The van der Waals surface area contributed by atoms with E-state index >= 15 is 0 Å². The van der Waals surface area contributed by atoms with E-state index in [9.17, 15) is 4.79 Å². The van der Waals surface area contributed by atoms with Gasteiger partial charge in [-0.25, -0.2) is 0 Å². The van der Waals surface area contributed by atoms with Crippen molar-refractivity contribution in [3.05, 3.63) is 54.5 Å². The van der Waals surface area contributed by atoms with E-state index in [0.717, 1.165) is 16.6 Å². The molecule has 3 aromatic rings. The van der Waals surface area contributed by atoms with Gasteiger partial charge in [0.05, 0.1) is 17.3 Å². The highest BCUT2D eigenvalue weighted by Crippen LogP contribution is 2.17. The molecule has 2 heterocycles. The second-order valence-corrected chi connectivity index (χ2v) is 4.27. The Morgan fingerprint density at radius 3 is 3.00 bits per heavy atom. The molecule has 5 nitrogen and oxygen atoms in total. The number of nitrogens with one attached hydrogen (secondary N) is 1. The lowest BCUT2D eigenvalue weighted by atomic mass is 10.2. The third kappa shape index (κ3) is 2.30. The molecule has 0 atom stereocenters. The van der Waals surface area contributed by atoms with E-state index in [0.29, 0.717) is 5.56 Å². The van der Waals surface area contributed by atoms with Crippen molar-refractivity contribution in [1.82, 2.24) is 14.8 Å². The number of amides is 1. The van der Waals surface area contributed by atoms with Gasteiger partial charge in [-0.05, 0) is 24.3 Å². The van der Waals surface area contributed by atoms with Crippen LogP contribution in [0.25, 0.3) is 10.9 Å². The summed E-state index contributed by atoms with van der Waals surface area (Å²) >= 11 is 0. The van der Waals surface area contributed by atoms with Crippen LogP contribution in [0.1, 0.15) is 10.4 Å². The minimum Gasteiger partial charge on any atom is -0.322 e. The highest BCUT2D eigenvalue weighted by molar-refractivity contribution is 6.04. The van der Waals surface area contributed by atoms with Gasteiger partial charge >= 0.3 is 0 Å². The molecule has 0 fully saturated rings. The normalized spacial score (nSPS) is 10.6. The number of nitrogens with zero attached hydrogens (tertiary/aromatic N) is 3. The predicted octanol–water partition coefficient (Wildman–Crippen LogP) is 2.22. The van der Waals surface area contributed by atoms with E-state index in [2.05, 4.69) is 15.4 Å². The van der Waals surface area contributed by atoms with Crippen LogP contribution in [0.2, 0.25) is 0 Å². The van der Waals surface area contributed by atoms with Crippen molar-refractivity contribution >= 4 is 22.5 Å². The molecule has 0 bridgehead atoms. The zero-order valence-corrected chi connectivity index (χ0v) is 10.4. The molecule has 2 aromatic heterocycles. The summed E-state index contributed by atoms with van der Waals surface area (Å²) in [4.78, 5) is 16.2. The van der Waals surface area contributed by atoms with E-state index in [4.69, 9.17) is 0 Å². The molecule has 0 aliphatic carbocycles. The maximum Gasteiger partial charge on any atom is 0.258 e. The van der Waals surface area contributed by atoms with E-state index in [1.165, 1.54) is 6.20 Å². The Balaban J connectivity index is 1.87. The number of hydrogen-bond acceptors (Lipinski definition) is 3. The minimum atomic E-state index is -0.170. The van der Waals surface area contributed by atoms with Gasteiger partial charge in [0.2, 0.25) is 0 Å². The maximum atomic E-state index is 12.0. The molecule has 0 spiro atoms. The predicted molar refractivity (Wildman–Crippen MR) is 72.9 cm³/mol. The summed E-state index contributed by atoms with van der Waals surface area (Å²) in [6.45, 7) is 0. The van der Waals surface area contributed by atoms with E-state index in [1.807, 2.05) is 30.3 Å². The van der Waals surface area contributed by atoms with Gasteiger partial charge < -0.3 is 5.32 Å². The Morgan fingerprint density at radius 2 is 2.21 bits per heavy atom. The third-order valence-corrected chi connectivity index (χ3v) is 2.83. The first kappa shape index (κ1) is 11.4. The number of hydrogen-bond donors (Lipinski definition) is 1. The molecule has 5 heteroatoms. The summed E-state index contributed by atoms with van der Waals surface area (Å²) in [5.41, 5.74) is 2.19. The molecule has 0 aliphatic rings. The number of anilines is 1. The summed E-state index contributed by atoms with van der Waals surface area (Å²) in [5, 5.41) is 7.81. The molecule has 0 saturated carbocycles. The number of pyridine rings is 1. The van der Waals surface area contributed by atoms with Crippen LogP contribution in [0.15, 0.2) is 48.9 Å². The lowest BCUT2D eigenvalue weighted by Gasteiger charge is -2.04. The fraction of sp³-hybridized carbons (Fsp3) is 0.0714. The Hall–Kier alpha value is -2.69.